The van der Waals surface area contributed by atoms with Crippen LogP contribution >= 0.6 is 0 Å². The summed E-state index contributed by atoms with van der Waals surface area (Å²) in [6.45, 7) is 6.45. The molecule has 22 heavy (non-hydrogen) atoms. The largest absolute Gasteiger partial charge is 3.00 e. The number of rotatable bonds is 3. The molecule has 0 N–H and O–H groups in total. The first-order valence-corrected chi connectivity index (χ1v) is 8.08. The van der Waals surface area contributed by atoms with Gasteiger partial charge >= 0.3 is 35.6 Å². The molecule has 0 heterocycles. The second kappa shape index (κ2) is 14.2. The maximum atomic E-state index is 3.21. The van der Waals surface area contributed by atoms with Crippen LogP contribution in [0.25, 0.3) is 0 Å². The van der Waals surface area contributed by atoms with Crippen LogP contribution in [0.2, 0.25) is 0 Å². The van der Waals surface area contributed by atoms with Gasteiger partial charge in [-0.05, 0) is 0 Å². The summed E-state index contributed by atoms with van der Waals surface area (Å²) in [6.07, 6.45) is 29.0. The molecule has 0 aliphatic heterocycles. The minimum atomic E-state index is 0. The summed E-state index contributed by atoms with van der Waals surface area (Å²) in [7, 11) is 0. The maximum absolute atomic E-state index is 3.21. The van der Waals surface area contributed by atoms with Crippen molar-refractivity contribution in [2.75, 3.05) is 0 Å². The molecule has 0 aromatic rings. The molecule has 0 saturated carbocycles. The molecule has 0 atom stereocenters. The topological polar surface area (TPSA) is 0 Å². The molecule has 1 heteroatoms. The molecule has 0 amide bonds. The Bertz CT molecular complexity index is 399. The van der Waals surface area contributed by atoms with Crippen LogP contribution in [0, 0.1) is 53.8 Å². The van der Waals surface area contributed by atoms with Crippen molar-refractivity contribution in [3.63, 3.8) is 0 Å². The van der Waals surface area contributed by atoms with Crippen molar-refractivity contribution in [3.05, 3.63) is 71.4 Å². The summed E-state index contributed by atoms with van der Waals surface area (Å²) in [5.41, 5.74) is 4.08. The van der Waals surface area contributed by atoms with Crippen LogP contribution in [0.1, 0.15) is 59.3 Å². The Labute approximate surface area is 165 Å². The average molecular weight is 418 g/mol. The summed E-state index contributed by atoms with van der Waals surface area (Å²) in [6, 6.07) is 0. The van der Waals surface area contributed by atoms with Gasteiger partial charge in [0.1, 0.15) is 0 Å². The van der Waals surface area contributed by atoms with Crippen molar-refractivity contribution in [2.45, 2.75) is 59.3 Å². The van der Waals surface area contributed by atoms with Gasteiger partial charge in [-0.1, -0.05) is 40.0 Å². The van der Waals surface area contributed by atoms with Crippen molar-refractivity contribution in [3.8, 4) is 0 Å². The van der Waals surface area contributed by atoms with Gasteiger partial charge in [0.15, 0.2) is 0 Å². The van der Waals surface area contributed by atoms with Crippen LogP contribution in [0.4, 0.5) is 0 Å². The molecule has 0 unspecified atom stereocenters. The molecular formula is C21H27La. The van der Waals surface area contributed by atoms with Crippen molar-refractivity contribution in [1.29, 1.82) is 0 Å². The molecule has 0 radical (unpaired) electrons. The van der Waals surface area contributed by atoms with Crippen molar-refractivity contribution < 1.29 is 35.6 Å². The Kier molecular flexibility index (Phi) is 14.0. The molecule has 0 aromatic heterocycles. The SMILES string of the molecule is CCC1=[C-]CC=C1.CCC1=[C-]CC=C1.CCC1=[C-]CC=C1.[La+3]. The standard InChI is InChI=1S/3C7H9.La/c3*1-2-7-5-3-4-6-7;/h3*3,5H,2,4H2,1H3;/q3*-1;+3. The first-order valence-electron chi connectivity index (χ1n) is 8.08. The molecule has 114 valence electrons. The van der Waals surface area contributed by atoms with Gasteiger partial charge in [0.2, 0.25) is 0 Å². The molecule has 3 rings (SSSR count). The van der Waals surface area contributed by atoms with E-state index in [0.717, 1.165) is 38.5 Å². The van der Waals surface area contributed by atoms with Gasteiger partial charge in [-0.3, -0.25) is 18.2 Å². The fourth-order valence-corrected chi connectivity index (χ4v) is 2.08. The van der Waals surface area contributed by atoms with E-state index < -0.39 is 0 Å². The maximum Gasteiger partial charge on any atom is 3.00 e. The van der Waals surface area contributed by atoms with Crippen molar-refractivity contribution in [1.82, 2.24) is 0 Å². The zero-order valence-corrected chi connectivity index (χ0v) is 17.9. The molecule has 0 saturated heterocycles. The number of allylic oxidation sites excluding steroid dienone is 12. The second-order valence-electron chi connectivity index (χ2n) is 4.99. The monoisotopic (exact) mass is 418 g/mol. The van der Waals surface area contributed by atoms with Crippen LogP contribution in [-0.4, -0.2) is 0 Å². The van der Waals surface area contributed by atoms with E-state index in [1.807, 2.05) is 0 Å². The van der Waals surface area contributed by atoms with Crippen LogP contribution in [0.15, 0.2) is 53.2 Å². The van der Waals surface area contributed by atoms with E-state index in [0.29, 0.717) is 0 Å². The Balaban J connectivity index is 0.000000294. The van der Waals surface area contributed by atoms with Gasteiger partial charge < -0.3 is 0 Å². The third kappa shape index (κ3) is 9.61. The van der Waals surface area contributed by atoms with Crippen LogP contribution in [0.3, 0.4) is 0 Å². The van der Waals surface area contributed by atoms with Gasteiger partial charge in [0.05, 0.1) is 0 Å². The zero-order valence-electron chi connectivity index (χ0n) is 14.3. The summed E-state index contributed by atoms with van der Waals surface area (Å²) in [5.74, 6) is 0. The minimum Gasteiger partial charge on any atom is -0.270 e. The van der Waals surface area contributed by atoms with Crippen molar-refractivity contribution >= 4 is 0 Å². The third-order valence-corrected chi connectivity index (χ3v) is 3.44. The number of hydrogen-bond acceptors (Lipinski definition) is 0. The summed E-state index contributed by atoms with van der Waals surface area (Å²) >= 11 is 0. The molecule has 0 aromatic carbocycles. The summed E-state index contributed by atoms with van der Waals surface area (Å²) < 4.78 is 0. The predicted octanol–water partition coefficient (Wildman–Crippen LogP) is 6.26. The normalized spacial score (nSPS) is 16.8. The zero-order chi connectivity index (χ0) is 15.3. The fourth-order valence-electron chi connectivity index (χ4n) is 2.08. The number of hydrogen-bond donors (Lipinski definition) is 0. The quantitative estimate of drug-likeness (QED) is 0.475. The summed E-state index contributed by atoms with van der Waals surface area (Å²) in [5, 5.41) is 0. The van der Waals surface area contributed by atoms with Crippen LogP contribution < -0.4 is 0 Å². The van der Waals surface area contributed by atoms with Gasteiger partial charge in [-0.2, -0.15) is 18.2 Å². The molecule has 0 bridgehead atoms. The first kappa shape index (κ1) is 21.6. The fraction of sp³-hybridized carbons (Fsp3) is 0.429. The molecule has 3 aliphatic carbocycles. The second-order valence-corrected chi connectivity index (χ2v) is 4.99. The average Bonchev–Trinajstić information content (AvgIpc) is 3.31. The van der Waals surface area contributed by atoms with E-state index in [1.165, 1.54) is 16.7 Å². The minimum absolute atomic E-state index is 0. The Morgan fingerprint density at radius 2 is 0.909 bits per heavy atom. The first-order chi connectivity index (χ1) is 10.3. The van der Waals surface area contributed by atoms with Crippen LogP contribution in [0.5, 0.6) is 0 Å². The van der Waals surface area contributed by atoms with Crippen molar-refractivity contribution in [2.24, 2.45) is 0 Å². The smallest absolute Gasteiger partial charge is 0.270 e. The van der Waals surface area contributed by atoms with Gasteiger partial charge in [-0.25, -0.2) is 34.9 Å². The molecule has 0 spiro atoms. The van der Waals surface area contributed by atoms with E-state index in [2.05, 4.69) is 75.5 Å². The third-order valence-electron chi connectivity index (χ3n) is 3.44. The summed E-state index contributed by atoms with van der Waals surface area (Å²) in [4.78, 5) is 0. The van der Waals surface area contributed by atoms with Gasteiger partial charge in [-0.15, -0.1) is 19.3 Å². The van der Waals surface area contributed by atoms with Gasteiger partial charge in [0.25, 0.3) is 0 Å². The Morgan fingerprint density at radius 1 is 0.636 bits per heavy atom. The Morgan fingerprint density at radius 3 is 1.00 bits per heavy atom. The van der Waals surface area contributed by atoms with E-state index in [4.69, 9.17) is 0 Å². The van der Waals surface area contributed by atoms with E-state index in [-0.39, 0.29) is 35.6 Å². The predicted molar refractivity (Wildman–Crippen MR) is 92.4 cm³/mol. The Hall–Kier alpha value is -0.365. The van der Waals surface area contributed by atoms with Crippen LogP contribution in [-0.2, 0) is 0 Å². The van der Waals surface area contributed by atoms with Gasteiger partial charge in [0, 0.05) is 0 Å². The van der Waals surface area contributed by atoms with E-state index >= 15 is 0 Å². The van der Waals surface area contributed by atoms with E-state index in [1.54, 1.807) is 0 Å². The molecule has 0 fully saturated rings. The molecule has 3 aliphatic rings. The molecular weight excluding hydrogens is 391 g/mol. The van der Waals surface area contributed by atoms with E-state index in [9.17, 15) is 0 Å². The molecule has 0 nitrogen and oxygen atoms in total.